The topological polar surface area (TPSA) is 72.2 Å². The van der Waals surface area contributed by atoms with Crippen molar-refractivity contribution < 1.29 is 18.7 Å². The number of carboxylic acids is 1. The van der Waals surface area contributed by atoms with Gasteiger partial charge in [0.15, 0.2) is 5.43 Å². The molecule has 5 nitrogen and oxygen atoms in total. The standard InChI is InChI=1S/C22H18Cl2F2N2O3/c1-3-28-14(10-13-5-4-6-18(27-13)22(2,25)26)11-17(29)19(21(30)31)20(28)12-7-8-15(23)16(24)9-12/h4-9,11H,3,10H2,1-2H3,(H,30,31). The highest BCUT2D eigenvalue weighted by atomic mass is 35.5. The Morgan fingerprint density at radius 2 is 1.87 bits per heavy atom. The molecule has 162 valence electrons. The average molecular weight is 467 g/mol. The molecule has 2 heterocycles. The minimum absolute atomic E-state index is 0.0568. The van der Waals surface area contributed by atoms with Crippen molar-refractivity contribution in [3.8, 4) is 11.3 Å². The number of hydrogen-bond donors (Lipinski definition) is 1. The SMILES string of the molecule is CCn1c(Cc2cccc(C(C)(F)F)n2)cc(=O)c(C(=O)O)c1-c1ccc(Cl)c(Cl)c1. The molecule has 9 heteroatoms. The number of rotatable bonds is 6. The maximum atomic E-state index is 13.7. The molecule has 0 aliphatic rings. The number of carbonyl (C=O) groups is 1. The van der Waals surface area contributed by atoms with Crippen LogP contribution in [0.2, 0.25) is 10.0 Å². The van der Waals surface area contributed by atoms with E-state index in [0.717, 1.165) is 6.92 Å². The molecule has 3 aromatic rings. The summed E-state index contributed by atoms with van der Waals surface area (Å²) in [6, 6.07) is 10.0. The van der Waals surface area contributed by atoms with E-state index in [0.29, 0.717) is 23.5 Å². The van der Waals surface area contributed by atoms with Crippen LogP contribution in [0.25, 0.3) is 11.3 Å². The van der Waals surface area contributed by atoms with Crippen molar-refractivity contribution in [3.05, 3.63) is 85.4 Å². The summed E-state index contributed by atoms with van der Waals surface area (Å²) in [5.74, 6) is -4.50. The number of halogens is 4. The van der Waals surface area contributed by atoms with Crippen LogP contribution in [0.15, 0.2) is 47.3 Å². The lowest BCUT2D eigenvalue weighted by Crippen LogP contribution is -2.24. The van der Waals surface area contributed by atoms with Crippen LogP contribution in [-0.4, -0.2) is 20.6 Å². The fraction of sp³-hybridized carbons (Fsp3) is 0.227. The van der Waals surface area contributed by atoms with Crippen molar-refractivity contribution in [2.45, 2.75) is 32.7 Å². The molecule has 0 aliphatic carbocycles. The van der Waals surface area contributed by atoms with Crippen LogP contribution in [-0.2, 0) is 18.9 Å². The summed E-state index contributed by atoms with van der Waals surface area (Å²) >= 11 is 12.1. The van der Waals surface area contributed by atoms with Gasteiger partial charge in [-0.3, -0.25) is 9.78 Å². The second-order valence-corrected chi connectivity index (χ2v) is 7.80. The molecule has 0 saturated heterocycles. The van der Waals surface area contributed by atoms with E-state index >= 15 is 0 Å². The highest BCUT2D eigenvalue weighted by Crippen LogP contribution is 2.31. The van der Waals surface area contributed by atoms with Gasteiger partial charge in [0.2, 0.25) is 0 Å². The Balaban J connectivity index is 2.24. The van der Waals surface area contributed by atoms with Crippen LogP contribution in [0.1, 0.15) is 41.3 Å². The third-order valence-corrected chi connectivity index (χ3v) is 5.48. The lowest BCUT2D eigenvalue weighted by atomic mass is 10.0. The van der Waals surface area contributed by atoms with Crippen molar-refractivity contribution in [1.29, 1.82) is 0 Å². The Morgan fingerprint density at radius 3 is 2.45 bits per heavy atom. The van der Waals surface area contributed by atoms with Crippen molar-refractivity contribution >= 4 is 29.2 Å². The maximum absolute atomic E-state index is 13.7. The summed E-state index contributed by atoms with van der Waals surface area (Å²) in [5.41, 5.74) is -0.188. The van der Waals surface area contributed by atoms with Gasteiger partial charge in [-0.05, 0) is 31.2 Å². The summed E-state index contributed by atoms with van der Waals surface area (Å²) < 4.78 is 29.0. The van der Waals surface area contributed by atoms with Gasteiger partial charge < -0.3 is 9.67 Å². The maximum Gasteiger partial charge on any atom is 0.341 e. The van der Waals surface area contributed by atoms with Gasteiger partial charge in [-0.15, -0.1) is 0 Å². The van der Waals surface area contributed by atoms with Crippen molar-refractivity contribution in [1.82, 2.24) is 9.55 Å². The predicted octanol–water partition coefficient (Wildman–Crippen LogP) is 5.64. The lowest BCUT2D eigenvalue weighted by molar-refractivity contribution is 0.0126. The Bertz CT molecular complexity index is 1220. The molecule has 1 N–H and O–H groups in total. The first-order chi connectivity index (χ1) is 14.5. The van der Waals surface area contributed by atoms with Gasteiger partial charge in [-0.25, -0.2) is 4.79 Å². The number of aromatic carboxylic acids is 1. The number of nitrogens with zero attached hydrogens (tertiary/aromatic N) is 2. The van der Waals surface area contributed by atoms with E-state index in [9.17, 15) is 23.5 Å². The third kappa shape index (κ3) is 4.78. The first-order valence-electron chi connectivity index (χ1n) is 9.32. The monoisotopic (exact) mass is 466 g/mol. The zero-order valence-electron chi connectivity index (χ0n) is 16.6. The van der Waals surface area contributed by atoms with Gasteiger partial charge >= 0.3 is 5.97 Å². The van der Waals surface area contributed by atoms with Crippen LogP contribution in [0.4, 0.5) is 8.78 Å². The zero-order valence-corrected chi connectivity index (χ0v) is 18.1. The average Bonchev–Trinajstić information content (AvgIpc) is 2.69. The van der Waals surface area contributed by atoms with E-state index in [4.69, 9.17) is 23.2 Å². The Kier molecular flexibility index (Phi) is 6.48. The number of aromatic nitrogens is 2. The van der Waals surface area contributed by atoms with E-state index in [1.165, 1.54) is 30.3 Å². The molecule has 0 fully saturated rings. The van der Waals surface area contributed by atoms with Crippen LogP contribution in [0.5, 0.6) is 0 Å². The number of pyridine rings is 2. The molecule has 2 aromatic heterocycles. The Labute approximate surface area is 186 Å². The minimum atomic E-state index is -3.11. The van der Waals surface area contributed by atoms with Crippen molar-refractivity contribution in [3.63, 3.8) is 0 Å². The molecule has 0 unspecified atom stereocenters. The number of carboxylic acid groups (broad SMARTS) is 1. The molecule has 0 bridgehead atoms. The third-order valence-electron chi connectivity index (χ3n) is 4.74. The van der Waals surface area contributed by atoms with Gasteiger partial charge in [0.25, 0.3) is 5.92 Å². The fourth-order valence-corrected chi connectivity index (χ4v) is 3.66. The molecular formula is C22H18Cl2F2N2O3. The molecule has 0 aliphatic heterocycles. The quantitative estimate of drug-likeness (QED) is 0.510. The van der Waals surface area contributed by atoms with E-state index in [1.807, 2.05) is 0 Å². The van der Waals surface area contributed by atoms with Crippen LogP contribution in [0.3, 0.4) is 0 Å². The number of hydrogen-bond acceptors (Lipinski definition) is 3. The highest BCUT2D eigenvalue weighted by Gasteiger charge is 2.27. The first kappa shape index (κ1) is 22.9. The summed E-state index contributed by atoms with van der Waals surface area (Å²) in [5, 5.41) is 10.2. The summed E-state index contributed by atoms with van der Waals surface area (Å²) in [4.78, 5) is 28.6. The molecule has 0 radical (unpaired) electrons. The molecule has 31 heavy (non-hydrogen) atoms. The van der Waals surface area contributed by atoms with Crippen LogP contribution in [0, 0.1) is 0 Å². The van der Waals surface area contributed by atoms with Gasteiger partial charge in [-0.1, -0.05) is 35.3 Å². The molecule has 3 rings (SSSR count). The smallest absolute Gasteiger partial charge is 0.341 e. The van der Waals surface area contributed by atoms with E-state index < -0.39 is 22.9 Å². The van der Waals surface area contributed by atoms with Gasteiger partial charge in [0, 0.05) is 42.9 Å². The Hall–Kier alpha value is -2.77. The molecule has 0 atom stereocenters. The largest absolute Gasteiger partial charge is 0.477 e. The van der Waals surface area contributed by atoms with Gasteiger partial charge in [0.1, 0.15) is 11.3 Å². The van der Waals surface area contributed by atoms with Gasteiger partial charge in [0.05, 0.1) is 15.7 Å². The minimum Gasteiger partial charge on any atom is -0.477 e. The van der Waals surface area contributed by atoms with E-state index in [2.05, 4.69) is 4.98 Å². The van der Waals surface area contributed by atoms with Crippen LogP contribution < -0.4 is 5.43 Å². The second-order valence-electron chi connectivity index (χ2n) is 6.98. The fourth-order valence-electron chi connectivity index (χ4n) is 3.36. The normalized spacial score (nSPS) is 11.5. The van der Waals surface area contributed by atoms with Crippen molar-refractivity contribution in [2.24, 2.45) is 0 Å². The molecular weight excluding hydrogens is 449 g/mol. The number of alkyl halides is 2. The molecule has 0 amide bonds. The van der Waals surface area contributed by atoms with E-state index in [-0.39, 0.29) is 27.9 Å². The summed E-state index contributed by atoms with van der Waals surface area (Å²) in [7, 11) is 0. The van der Waals surface area contributed by atoms with E-state index in [1.54, 1.807) is 23.6 Å². The molecule has 0 saturated carbocycles. The van der Waals surface area contributed by atoms with Crippen molar-refractivity contribution in [2.75, 3.05) is 0 Å². The first-order valence-corrected chi connectivity index (χ1v) is 10.1. The number of benzene rings is 1. The van der Waals surface area contributed by atoms with Crippen LogP contribution >= 0.6 is 23.2 Å². The second kappa shape index (κ2) is 8.77. The molecule has 1 aromatic carbocycles. The summed E-state index contributed by atoms with van der Waals surface area (Å²) in [6.45, 7) is 2.85. The molecule has 0 spiro atoms. The van der Waals surface area contributed by atoms with Gasteiger partial charge in [-0.2, -0.15) is 8.78 Å². The lowest BCUT2D eigenvalue weighted by Gasteiger charge is -2.20. The highest BCUT2D eigenvalue weighted by molar-refractivity contribution is 6.42. The predicted molar refractivity (Wildman–Crippen MR) is 115 cm³/mol. The Morgan fingerprint density at radius 1 is 1.16 bits per heavy atom. The summed E-state index contributed by atoms with van der Waals surface area (Å²) in [6.07, 6.45) is 0.0568. The zero-order chi connectivity index (χ0) is 22.9.